The van der Waals surface area contributed by atoms with Gasteiger partial charge in [-0.15, -0.1) is 0 Å². The number of ether oxygens (including phenoxy) is 1. The topological polar surface area (TPSA) is 28.9 Å². The summed E-state index contributed by atoms with van der Waals surface area (Å²) in [6, 6.07) is 16.9. The van der Waals surface area contributed by atoms with E-state index < -0.39 is 0 Å². The number of aromatic amines is 1. The zero-order chi connectivity index (χ0) is 18.0. The summed E-state index contributed by atoms with van der Waals surface area (Å²) >= 11 is 0. The van der Waals surface area contributed by atoms with Gasteiger partial charge in [-0.05, 0) is 41.2 Å². The molecule has 2 aromatic carbocycles. The Morgan fingerprint density at radius 3 is 2.32 bits per heavy atom. The molecule has 0 atom stereocenters. The number of hydrogen-bond donors (Lipinski definition) is 1. The van der Waals surface area contributed by atoms with Crippen molar-refractivity contribution in [1.29, 1.82) is 0 Å². The van der Waals surface area contributed by atoms with Crippen LogP contribution >= 0.6 is 0 Å². The smallest absolute Gasteiger partial charge is 0.293 e. The molecule has 0 spiro atoms. The van der Waals surface area contributed by atoms with Gasteiger partial charge in [-0.25, -0.2) is 9.55 Å². The number of imidazole rings is 1. The molecule has 0 saturated heterocycles. The lowest BCUT2D eigenvalue weighted by molar-refractivity contribution is -0.685. The third kappa shape index (κ3) is 4.04. The SMILES string of the molecule is CC(C)C[n+]1c(COc2ccc(C(C)(C)C)cc2)[nH]c2ccccc21. The number of rotatable bonds is 5. The maximum absolute atomic E-state index is 6.06. The Hall–Kier alpha value is -2.29. The van der Waals surface area contributed by atoms with Gasteiger partial charge in [0.05, 0.1) is 6.54 Å². The summed E-state index contributed by atoms with van der Waals surface area (Å²) in [4.78, 5) is 3.51. The normalized spacial score (nSPS) is 12.1. The van der Waals surface area contributed by atoms with Gasteiger partial charge in [0.2, 0.25) is 0 Å². The van der Waals surface area contributed by atoms with Gasteiger partial charge >= 0.3 is 0 Å². The molecule has 0 saturated carbocycles. The summed E-state index contributed by atoms with van der Waals surface area (Å²) in [5.74, 6) is 2.59. The first-order chi connectivity index (χ1) is 11.8. The van der Waals surface area contributed by atoms with E-state index in [4.69, 9.17) is 4.74 Å². The number of para-hydroxylation sites is 2. The molecular formula is C22H29N2O+. The Balaban J connectivity index is 1.81. The molecule has 0 aliphatic rings. The number of nitrogens with zero attached hydrogens (tertiary/aromatic N) is 1. The standard InChI is InChI=1S/C22H28N2O/c1-16(2)14-24-20-9-7-6-8-19(20)23-21(24)15-25-18-12-10-17(11-13-18)22(3,4)5/h6-13,16H,14-15H2,1-5H3/p+1. The fourth-order valence-corrected chi connectivity index (χ4v) is 3.07. The molecular weight excluding hydrogens is 308 g/mol. The van der Waals surface area contributed by atoms with Gasteiger partial charge in [-0.3, -0.25) is 0 Å². The predicted molar refractivity (Wildman–Crippen MR) is 103 cm³/mol. The van der Waals surface area contributed by atoms with Crippen LogP contribution in [0.1, 0.15) is 46.0 Å². The molecule has 0 radical (unpaired) electrons. The van der Waals surface area contributed by atoms with Crippen LogP contribution < -0.4 is 9.30 Å². The van der Waals surface area contributed by atoms with Crippen molar-refractivity contribution in [2.24, 2.45) is 5.92 Å². The molecule has 3 aromatic rings. The second kappa shape index (κ2) is 6.91. The molecule has 0 aliphatic carbocycles. The van der Waals surface area contributed by atoms with Crippen LogP contribution in [0.15, 0.2) is 48.5 Å². The number of hydrogen-bond acceptors (Lipinski definition) is 1. The highest BCUT2D eigenvalue weighted by Gasteiger charge is 2.20. The lowest BCUT2D eigenvalue weighted by Gasteiger charge is -2.19. The molecule has 1 N–H and O–H groups in total. The van der Waals surface area contributed by atoms with E-state index in [1.807, 2.05) is 0 Å². The summed E-state index contributed by atoms with van der Waals surface area (Å²) in [7, 11) is 0. The van der Waals surface area contributed by atoms with Gasteiger partial charge in [0.15, 0.2) is 17.6 Å². The van der Waals surface area contributed by atoms with Crippen LogP contribution in [0.5, 0.6) is 5.75 Å². The number of H-pyrrole nitrogens is 1. The molecule has 3 heteroatoms. The zero-order valence-electron chi connectivity index (χ0n) is 16.0. The highest BCUT2D eigenvalue weighted by molar-refractivity contribution is 5.71. The first-order valence-corrected chi connectivity index (χ1v) is 9.07. The Labute approximate surface area is 150 Å². The minimum absolute atomic E-state index is 0.163. The highest BCUT2D eigenvalue weighted by atomic mass is 16.5. The number of nitrogens with one attached hydrogen (secondary N) is 1. The summed E-state index contributed by atoms with van der Waals surface area (Å²) < 4.78 is 8.40. The third-order valence-electron chi connectivity index (χ3n) is 4.44. The Kier molecular flexibility index (Phi) is 4.85. The van der Waals surface area contributed by atoms with Gasteiger partial charge in [-0.2, -0.15) is 0 Å². The van der Waals surface area contributed by atoms with Crippen LogP contribution in [0.4, 0.5) is 0 Å². The first kappa shape index (κ1) is 17.5. The quantitative estimate of drug-likeness (QED) is 0.653. The predicted octanol–water partition coefficient (Wildman–Crippen LogP) is 4.99. The van der Waals surface area contributed by atoms with Crippen molar-refractivity contribution in [1.82, 2.24) is 4.98 Å². The van der Waals surface area contributed by atoms with Crippen molar-refractivity contribution in [2.45, 2.75) is 53.2 Å². The summed E-state index contributed by atoms with van der Waals surface area (Å²) in [5.41, 5.74) is 3.87. The Morgan fingerprint density at radius 1 is 1.00 bits per heavy atom. The van der Waals surface area contributed by atoms with Crippen molar-refractivity contribution in [2.75, 3.05) is 0 Å². The summed E-state index contributed by atoms with van der Waals surface area (Å²) in [6.07, 6.45) is 0. The molecule has 132 valence electrons. The number of benzene rings is 2. The molecule has 0 bridgehead atoms. The number of aromatic nitrogens is 2. The largest absolute Gasteiger partial charge is 0.481 e. The van der Waals surface area contributed by atoms with Crippen LogP contribution in [0.3, 0.4) is 0 Å². The van der Waals surface area contributed by atoms with E-state index in [9.17, 15) is 0 Å². The molecule has 3 nitrogen and oxygen atoms in total. The lowest BCUT2D eigenvalue weighted by Crippen LogP contribution is -2.40. The van der Waals surface area contributed by atoms with Gasteiger partial charge in [-0.1, -0.05) is 58.9 Å². The van der Waals surface area contributed by atoms with Gasteiger partial charge in [0.1, 0.15) is 5.75 Å². The monoisotopic (exact) mass is 337 g/mol. The molecule has 1 aromatic heterocycles. The Bertz CT molecular complexity index is 839. The van der Waals surface area contributed by atoms with Crippen molar-refractivity contribution in [3.63, 3.8) is 0 Å². The lowest BCUT2D eigenvalue weighted by atomic mass is 9.87. The molecule has 0 unspecified atom stereocenters. The van der Waals surface area contributed by atoms with E-state index in [1.165, 1.54) is 11.1 Å². The van der Waals surface area contributed by atoms with Crippen molar-refractivity contribution in [3.8, 4) is 5.75 Å². The van der Waals surface area contributed by atoms with Crippen LogP contribution in [0.25, 0.3) is 11.0 Å². The fourth-order valence-electron chi connectivity index (χ4n) is 3.07. The van der Waals surface area contributed by atoms with Crippen molar-refractivity contribution in [3.05, 3.63) is 59.9 Å². The average Bonchev–Trinajstić information content (AvgIpc) is 2.90. The summed E-state index contributed by atoms with van der Waals surface area (Å²) in [6.45, 7) is 12.7. The van der Waals surface area contributed by atoms with E-state index in [0.29, 0.717) is 12.5 Å². The van der Waals surface area contributed by atoms with E-state index >= 15 is 0 Å². The van der Waals surface area contributed by atoms with Crippen LogP contribution in [0.2, 0.25) is 0 Å². The van der Waals surface area contributed by atoms with E-state index in [1.54, 1.807) is 0 Å². The molecule has 25 heavy (non-hydrogen) atoms. The fraction of sp³-hybridized carbons (Fsp3) is 0.409. The highest BCUT2D eigenvalue weighted by Crippen LogP contribution is 2.24. The van der Waals surface area contributed by atoms with Gasteiger partial charge < -0.3 is 4.74 Å². The van der Waals surface area contributed by atoms with Crippen LogP contribution in [0, 0.1) is 5.92 Å². The van der Waals surface area contributed by atoms with E-state index in [2.05, 4.69) is 92.7 Å². The first-order valence-electron chi connectivity index (χ1n) is 9.07. The molecule has 0 amide bonds. The van der Waals surface area contributed by atoms with E-state index in [-0.39, 0.29) is 5.41 Å². The number of fused-ring (bicyclic) bond motifs is 1. The van der Waals surface area contributed by atoms with Crippen LogP contribution in [-0.4, -0.2) is 4.98 Å². The Morgan fingerprint density at radius 2 is 1.68 bits per heavy atom. The molecule has 0 fully saturated rings. The summed E-state index contributed by atoms with van der Waals surface area (Å²) in [5, 5.41) is 0. The van der Waals surface area contributed by atoms with Gasteiger partial charge in [0.25, 0.3) is 5.82 Å². The minimum Gasteiger partial charge on any atom is -0.481 e. The average molecular weight is 337 g/mol. The van der Waals surface area contributed by atoms with Crippen molar-refractivity contribution < 1.29 is 9.30 Å². The zero-order valence-corrected chi connectivity index (χ0v) is 16.0. The molecule has 0 aliphatic heterocycles. The molecule has 1 heterocycles. The minimum atomic E-state index is 0.163. The third-order valence-corrected chi connectivity index (χ3v) is 4.44. The second-order valence-electron chi connectivity index (χ2n) is 8.16. The second-order valence-corrected chi connectivity index (χ2v) is 8.16. The van der Waals surface area contributed by atoms with Crippen molar-refractivity contribution >= 4 is 11.0 Å². The van der Waals surface area contributed by atoms with Gasteiger partial charge in [0, 0.05) is 0 Å². The maximum atomic E-state index is 6.06. The maximum Gasteiger partial charge on any atom is 0.293 e. The van der Waals surface area contributed by atoms with Crippen LogP contribution in [-0.2, 0) is 18.6 Å². The molecule has 3 rings (SSSR count). The van der Waals surface area contributed by atoms with E-state index in [0.717, 1.165) is 23.6 Å².